The topological polar surface area (TPSA) is 64.4 Å². The van der Waals surface area contributed by atoms with E-state index in [-0.39, 0.29) is 11.8 Å². The van der Waals surface area contributed by atoms with Crippen molar-refractivity contribution in [3.63, 3.8) is 0 Å². The average Bonchev–Trinajstić information content (AvgIpc) is 3.23. The van der Waals surface area contributed by atoms with Gasteiger partial charge in [0.1, 0.15) is 0 Å². The molecule has 120 valence electrons. The van der Waals surface area contributed by atoms with E-state index in [1.165, 1.54) is 0 Å². The van der Waals surface area contributed by atoms with Crippen LogP contribution in [0.15, 0.2) is 44.1 Å². The van der Waals surface area contributed by atoms with Crippen molar-refractivity contribution in [2.45, 2.75) is 32.4 Å². The lowest BCUT2D eigenvalue weighted by Crippen LogP contribution is -2.29. The molecular formula is C17H19N3O3. The van der Waals surface area contributed by atoms with Gasteiger partial charge in [0, 0.05) is 19.2 Å². The van der Waals surface area contributed by atoms with Crippen molar-refractivity contribution < 1.29 is 8.94 Å². The largest absolute Gasteiger partial charge is 0.419 e. The molecule has 0 amide bonds. The summed E-state index contributed by atoms with van der Waals surface area (Å²) in [6.07, 6.45) is 2.20. The van der Waals surface area contributed by atoms with Gasteiger partial charge in [-0.15, -0.1) is 0 Å². The smallest absolute Gasteiger partial charge is 0.408 e. The fourth-order valence-corrected chi connectivity index (χ4v) is 3.41. The number of likely N-dealkylation sites (tertiary alicyclic amines) is 1. The molecular weight excluding hydrogens is 294 g/mol. The summed E-state index contributed by atoms with van der Waals surface area (Å²) in [7, 11) is 0. The highest BCUT2D eigenvalue weighted by Gasteiger charge is 2.29. The molecule has 4 rings (SSSR count). The van der Waals surface area contributed by atoms with Crippen molar-refractivity contribution >= 4 is 11.1 Å². The van der Waals surface area contributed by atoms with Crippen LogP contribution < -0.4 is 5.76 Å². The molecule has 0 bridgehead atoms. The number of benzene rings is 1. The summed E-state index contributed by atoms with van der Waals surface area (Å²) >= 11 is 0. The molecule has 6 nitrogen and oxygen atoms in total. The van der Waals surface area contributed by atoms with Gasteiger partial charge in [0.15, 0.2) is 11.3 Å². The van der Waals surface area contributed by atoms with E-state index in [0.717, 1.165) is 42.9 Å². The van der Waals surface area contributed by atoms with Crippen LogP contribution in [-0.4, -0.2) is 27.7 Å². The molecule has 0 saturated carbocycles. The van der Waals surface area contributed by atoms with E-state index in [0.29, 0.717) is 12.1 Å². The van der Waals surface area contributed by atoms with Crippen LogP contribution in [0.3, 0.4) is 0 Å². The minimum absolute atomic E-state index is 0.255. The van der Waals surface area contributed by atoms with E-state index < -0.39 is 0 Å². The van der Waals surface area contributed by atoms with Gasteiger partial charge < -0.3 is 8.94 Å². The van der Waals surface area contributed by atoms with Gasteiger partial charge in [0.25, 0.3) is 0 Å². The van der Waals surface area contributed by atoms with Crippen LogP contribution in [0, 0.1) is 6.92 Å². The van der Waals surface area contributed by atoms with E-state index >= 15 is 0 Å². The highest BCUT2D eigenvalue weighted by molar-refractivity contribution is 5.72. The summed E-state index contributed by atoms with van der Waals surface area (Å²) in [4.78, 5) is 14.4. The second-order valence-electron chi connectivity index (χ2n) is 6.05. The van der Waals surface area contributed by atoms with Crippen LogP contribution >= 0.6 is 0 Å². The van der Waals surface area contributed by atoms with E-state index in [9.17, 15) is 4.79 Å². The predicted molar refractivity (Wildman–Crippen MR) is 85.3 cm³/mol. The van der Waals surface area contributed by atoms with Gasteiger partial charge in [-0.1, -0.05) is 17.3 Å². The number of hydrogen-bond donors (Lipinski definition) is 0. The zero-order valence-corrected chi connectivity index (χ0v) is 13.1. The Labute approximate surface area is 133 Å². The molecule has 1 fully saturated rings. The summed E-state index contributed by atoms with van der Waals surface area (Å²) in [6.45, 7) is 4.34. The van der Waals surface area contributed by atoms with Crippen molar-refractivity contribution in [3.05, 3.63) is 52.3 Å². The molecule has 1 atom stereocenters. The minimum Gasteiger partial charge on any atom is -0.408 e. The highest BCUT2D eigenvalue weighted by atomic mass is 16.5. The second kappa shape index (κ2) is 5.70. The van der Waals surface area contributed by atoms with Crippen LogP contribution in [-0.2, 0) is 6.54 Å². The van der Waals surface area contributed by atoms with Gasteiger partial charge in [-0.05, 0) is 38.4 Å². The first-order chi connectivity index (χ1) is 11.2. The molecule has 3 aromatic rings. The summed E-state index contributed by atoms with van der Waals surface area (Å²) in [5.41, 5.74) is 2.40. The van der Waals surface area contributed by atoms with Crippen molar-refractivity contribution in [3.8, 4) is 0 Å². The third-order valence-electron chi connectivity index (χ3n) is 4.52. The molecule has 3 heterocycles. The van der Waals surface area contributed by atoms with Crippen molar-refractivity contribution in [2.24, 2.45) is 0 Å². The van der Waals surface area contributed by atoms with Crippen molar-refractivity contribution in [1.29, 1.82) is 0 Å². The Morgan fingerprint density at radius 3 is 3.00 bits per heavy atom. The third kappa shape index (κ3) is 2.59. The van der Waals surface area contributed by atoms with Gasteiger partial charge in [0.2, 0.25) is 0 Å². The average molecular weight is 313 g/mol. The number of aryl methyl sites for hydroxylation is 1. The zero-order valence-electron chi connectivity index (χ0n) is 13.1. The molecule has 1 aliphatic rings. The summed E-state index contributed by atoms with van der Waals surface area (Å²) in [5.74, 6) is 0.627. The fourth-order valence-electron chi connectivity index (χ4n) is 3.41. The predicted octanol–water partition coefficient (Wildman–Crippen LogP) is 2.73. The Morgan fingerprint density at radius 2 is 2.17 bits per heavy atom. The van der Waals surface area contributed by atoms with Crippen LogP contribution in [0.1, 0.15) is 30.3 Å². The van der Waals surface area contributed by atoms with Crippen LogP contribution in [0.25, 0.3) is 11.1 Å². The zero-order chi connectivity index (χ0) is 15.8. The summed E-state index contributed by atoms with van der Waals surface area (Å²) in [6, 6.07) is 9.79. The third-order valence-corrected chi connectivity index (χ3v) is 4.52. The molecule has 23 heavy (non-hydrogen) atoms. The molecule has 1 saturated heterocycles. The Kier molecular flexibility index (Phi) is 3.53. The highest BCUT2D eigenvalue weighted by Crippen LogP contribution is 2.32. The number of para-hydroxylation sites is 2. The van der Waals surface area contributed by atoms with E-state index in [4.69, 9.17) is 8.94 Å². The molecule has 2 aromatic heterocycles. The molecule has 1 aromatic carbocycles. The lowest BCUT2D eigenvalue weighted by atomic mass is 10.1. The normalized spacial score (nSPS) is 18.9. The first kappa shape index (κ1) is 14.3. The van der Waals surface area contributed by atoms with Crippen molar-refractivity contribution in [2.75, 3.05) is 13.1 Å². The second-order valence-corrected chi connectivity index (χ2v) is 6.05. The Hall–Kier alpha value is -2.34. The van der Waals surface area contributed by atoms with Crippen LogP contribution in [0.5, 0.6) is 0 Å². The van der Waals surface area contributed by atoms with E-state index in [1.807, 2.05) is 37.3 Å². The lowest BCUT2D eigenvalue weighted by molar-refractivity contribution is 0.206. The standard InChI is InChI=1S/C17H19N3O3/c1-12-11-16(23-18-12)13-6-4-8-19(13)9-10-20-14-5-2-3-7-15(14)22-17(20)21/h2-3,5,7,11,13H,4,6,8-10H2,1H3/t13-/m0/s1. The maximum absolute atomic E-state index is 12.0. The molecule has 1 aliphatic heterocycles. The molecule has 0 radical (unpaired) electrons. The monoisotopic (exact) mass is 313 g/mol. The van der Waals surface area contributed by atoms with Gasteiger partial charge in [-0.3, -0.25) is 9.47 Å². The fraction of sp³-hybridized carbons (Fsp3) is 0.412. The van der Waals surface area contributed by atoms with Crippen molar-refractivity contribution in [1.82, 2.24) is 14.6 Å². The number of nitrogens with zero attached hydrogens (tertiary/aromatic N) is 3. The number of hydrogen-bond acceptors (Lipinski definition) is 5. The summed E-state index contributed by atoms with van der Waals surface area (Å²) in [5, 5.41) is 3.99. The minimum atomic E-state index is -0.294. The number of rotatable bonds is 4. The van der Waals surface area contributed by atoms with Crippen LogP contribution in [0.4, 0.5) is 0 Å². The molecule has 0 N–H and O–H groups in total. The summed E-state index contributed by atoms with van der Waals surface area (Å²) < 4.78 is 12.4. The Balaban J connectivity index is 1.53. The van der Waals surface area contributed by atoms with Gasteiger partial charge >= 0.3 is 5.76 Å². The van der Waals surface area contributed by atoms with E-state index in [1.54, 1.807) is 4.57 Å². The SMILES string of the molecule is Cc1cc([C@@H]2CCCN2CCn2c(=O)oc3ccccc32)on1. The number of fused-ring (bicyclic) bond motifs is 1. The lowest BCUT2D eigenvalue weighted by Gasteiger charge is -2.22. The number of aromatic nitrogens is 2. The quantitative estimate of drug-likeness (QED) is 0.741. The molecule has 0 unspecified atom stereocenters. The maximum Gasteiger partial charge on any atom is 0.419 e. The molecule has 6 heteroatoms. The van der Waals surface area contributed by atoms with Gasteiger partial charge in [-0.25, -0.2) is 4.79 Å². The first-order valence-electron chi connectivity index (χ1n) is 7.98. The van der Waals surface area contributed by atoms with Gasteiger partial charge in [0.05, 0.1) is 17.3 Å². The van der Waals surface area contributed by atoms with Crippen LogP contribution in [0.2, 0.25) is 0 Å². The Morgan fingerprint density at radius 1 is 1.30 bits per heavy atom. The molecule has 0 aliphatic carbocycles. The molecule has 0 spiro atoms. The Bertz CT molecular complexity index is 876. The van der Waals surface area contributed by atoms with Gasteiger partial charge in [-0.2, -0.15) is 0 Å². The maximum atomic E-state index is 12.0. The number of oxazole rings is 1. The first-order valence-corrected chi connectivity index (χ1v) is 7.98. The van der Waals surface area contributed by atoms with E-state index in [2.05, 4.69) is 10.1 Å².